The molecule has 1 aromatic heterocycles. The summed E-state index contributed by atoms with van der Waals surface area (Å²) in [4.78, 5) is 1.14. The number of aryl methyl sites for hydroxylation is 1. The van der Waals surface area contributed by atoms with Crippen LogP contribution in [0.25, 0.3) is 5.69 Å². The van der Waals surface area contributed by atoms with Crippen LogP contribution in [0.1, 0.15) is 4.88 Å². The highest BCUT2D eigenvalue weighted by Crippen LogP contribution is 2.44. The lowest BCUT2D eigenvalue weighted by molar-refractivity contribution is -0.286. The number of thiazole rings is 1. The van der Waals surface area contributed by atoms with E-state index in [1.165, 1.54) is 22.0 Å². The largest absolute Gasteiger partial charge is 0.586 e. The SMILES string of the molecule is Cc1cn(-c2cccc3c2OC(F)(F)O3)c(=N)s1.Cl. The van der Waals surface area contributed by atoms with Crippen LogP contribution in [0, 0.1) is 12.3 Å². The molecule has 0 fully saturated rings. The second kappa shape index (κ2) is 4.50. The molecule has 0 saturated carbocycles. The van der Waals surface area contributed by atoms with E-state index >= 15 is 0 Å². The van der Waals surface area contributed by atoms with Crippen LogP contribution in [0.3, 0.4) is 0 Å². The number of nitrogens with zero attached hydrogens (tertiary/aromatic N) is 1. The summed E-state index contributed by atoms with van der Waals surface area (Å²) >= 11 is 1.26. The second-order valence-corrected chi connectivity index (χ2v) is 5.02. The number of para-hydroxylation sites is 1. The van der Waals surface area contributed by atoms with Crippen molar-refractivity contribution in [3.8, 4) is 17.2 Å². The molecule has 1 aliphatic heterocycles. The number of alkyl halides is 2. The van der Waals surface area contributed by atoms with Crippen molar-refractivity contribution < 1.29 is 18.3 Å². The van der Waals surface area contributed by atoms with Crippen LogP contribution in [0.15, 0.2) is 24.4 Å². The van der Waals surface area contributed by atoms with Gasteiger partial charge in [0.1, 0.15) is 0 Å². The van der Waals surface area contributed by atoms with Gasteiger partial charge in [0, 0.05) is 11.1 Å². The maximum Gasteiger partial charge on any atom is 0.586 e. The van der Waals surface area contributed by atoms with Gasteiger partial charge in [-0.15, -0.1) is 32.5 Å². The minimum atomic E-state index is -3.65. The molecule has 102 valence electrons. The first kappa shape index (κ1) is 13.8. The summed E-state index contributed by atoms with van der Waals surface area (Å²) in [6.45, 7) is 1.84. The predicted molar refractivity (Wildman–Crippen MR) is 67.7 cm³/mol. The van der Waals surface area contributed by atoms with Crippen LogP contribution >= 0.6 is 23.7 Å². The van der Waals surface area contributed by atoms with Crippen molar-refractivity contribution in [1.29, 1.82) is 5.41 Å². The molecule has 0 saturated heterocycles. The first-order valence-electron chi connectivity index (χ1n) is 5.09. The number of nitrogens with one attached hydrogen (secondary N) is 1. The van der Waals surface area contributed by atoms with Crippen molar-refractivity contribution in [2.75, 3.05) is 0 Å². The lowest BCUT2D eigenvalue weighted by atomic mass is 10.2. The molecule has 19 heavy (non-hydrogen) atoms. The smallest absolute Gasteiger partial charge is 0.395 e. The van der Waals surface area contributed by atoms with Crippen molar-refractivity contribution in [1.82, 2.24) is 4.57 Å². The molecule has 0 spiro atoms. The van der Waals surface area contributed by atoms with E-state index in [1.807, 2.05) is 6.92 Å². The van der Waals surface area contributed by atoms with E-state index in [2.05, 4.69) is 9.47 Å². The van der Waals surface area contributed by atoms with E-state index in [0.29, 0.717) is 5.69 Å². The molecule has 1 aliphatic rings. The van der Waals surface area contributed by atoms with Gasteiger partial charge in [0.15, 0.2) is 16.3 Å². The number of aromatic nitrogens is 1. The number of hydrogen-bond acceptors (Lipinski definition) is 4. The normalized spacial score (nSPS) is 15.1. The van der Waals surface area contributed by atoms with Crippen molar-refractivity contribution in [3.05, 3.63) is 34.1 Å². The van der Waals surface area contributed by atoms with Gasteiger partial charge in [0.2, 0.25) is 0 Å². The number of hydrogen-bond donors (Lipinski definition) is 1. The molecule has 4 nitrogen and oxygen atoms in total. The summed E-state index contributed by atoms with van der Waals surface area (Å²) in [6.07, 6.45) is -1.95. The van der Waals surface area contributed by atoms with E-state index in [0.717, 1.165) is 4.88 Å². The Hall–Kier alpha value is -1.60. The zero-order valence-electron chi connectivity index (χ0n) is 9.65. The molecule has 1 N–H and O–H groups in total. The van der Waals surface area contributed by atoms with Crippen LogP contribution < -0.4 is 14.3 Å². The summed E-state index contributed by atoms with van der Waals surface area (Å²) < 4.78 is 36.4. The second-order valence-electron chi connectivity index (χ2n) is 3.79. The fourth-order valence-corrected chi connectivity index (χ4v) is 2.50. The monoisotopic (exact) mass is 306 g/mol. The maximum absolute atomic E-state index is 13.0. The number of rotatable bonds is 1. The Morgan fingerprint density at radius 2 is 2.05 bits per heavy atom. The van der Waals surface area contributed by atoms with Gasteiger partial charge in [-0.25, -0.2) is 0 Å². The molecule has 2 aromatic rings. The van der Waals surface area contributed by atoms with Gasteiger partial charge in [0.25, 0.3) is 0 Å². The zero-order chi connectivity index (χ0) is 12.9. The van der Waals surface area contributed by atoms with Gasteiger partial charge < -0.3 is 9.47 Å². The molecular weight excluding hydrogens is 298 g/mol. The van der Waals surface area contributed by atoms with Gasteiger partial charge in [-0.3, -0.25) is 9.98 Å². The molecule has 0 bridgehead atoms. The Kier molecular flexibility index (Phi) is 3.27. The van der Waals surface area contributed by atoms with E-state index in [1.54, 1.807) is 18.3 Å². The lowest BCUT2D eigenvalue weighted by Gasteiger charge is -2.07. The van der Waals surface area contributed by atoms with Gasteiger partial charge >= 0.3 is 6.29 Å². The highest BCUT2D eigenvalue weighted by molar-refractivity contribution is 7.09. The van der Waals surface area contributed by atoms with Crippen LogP contribution in [-0.2, 0) is 0 Å². The summed E-state index contributed by atoms with van der Waals surface area (Å²) in [5, 5.41) is 7.79. The number of ether oxygens (including phenoxy) is 2. The summed E-state index contributed by atoms with van der Waals surface area (Å²) in [5.74, 6) is -0.0629. The Balaban J connectivity index is 0.00000133. The molecule has 3 rings (SSSR count). The third kappa shape index (κ3) is 2.31. The average molecular weight is 307 g/mol. The molecule has 0 atom stereocenters. The van der Waals surface area contributed by atoms with Crippen molar-refractivity contribution >= 4 is 23.7 Å². The van der Waals surface area contributed by atoms with Gasteiger partial charge in [0.05, 0.1) is 5.69 Å². The molecule has 0 radical (unpaired) electrons. The fourth-order valence-electron chi connectivity index (χ4n) is 1.79. The standard InChI is InChI=1S/C11H8F2N2O2S.ClH/c1-6-5-15(10(14)18-6)7-3-2-4-8-9(7)17-11(12,13)16-8;/h2-5,14H,1H3;1H. The van der Waals surface area contributed by atoms with Crippen LogP contribution in [0.5, 0.6) is 11.5 Å². The highest BCUT2D eigenvalue weighted by atomic mass is 35.5. The minimum Gasteiger partial charge on any atom is -0.395 e. The van der Waals surface area contributed by atoms with Gasteiger partial charge in [-0.1, -0.05) is 6.07 Å². The van der Waals surface area contributed by atoms with Gasteiger partial charge in [-0.2, -0.15) is 0 Å². The fraction of sp³-hybridized carbons (Fsp3) is 0.182. The van der Waals surface area contributed by atoms with Crippen molar-refractivity contribution in [2.45, 2.75) is 13.2 Å². The molecule has 8 heteroatoms. The molecule has 0 unspecified atom stereocenters. The van der Waals surface area contributed by atoms with E-state index in [4.69, 9.17) is 5.41 Å². The van der Waals surface area contributed by atoms with Crippen LogP contribution in [0.2, 0.25) is 0 Å². The predicted octanol–water partition coefficient (Wildman–Crippen LogP) is 3.07. The molecule has 0 aliphatic carbocycles. The number of halogens is 3. The Bertz CT molecular complexity index is 684. The summed E-state index contributed by atoms with van der Waals surface area (Å²) in [7, 11) is 0. The number of fused-ring (bicyclic) bond motifs is 1. The number of benzene rings is 1. The molecule has 2 heterocycles. The van der Waals surface area contributed by atoms with Crippen molar-refractivity contribution in [2.24, 2.45) is 0 Å². The third-order valence-corrected chi connectivity index (χ3v) is 3.27. The molecule has 0 amide bonds. The summed E-state index contributed by atoms with van der Waals surface area (Å²) in [5.41, 5.74) is 0.374. The third-order valence-electron chi connectivity index (χ3n) is 2.45. The Morgan fingerprint density at radius 1 is 1.32 bits per heavy atom. The molecular formula is C11H9ClF2N2O2S. The quantitative estimate of drug-likeness (QED) is 0.880. The topological polar surface area (TPSA) is 47.2 Å². The lowest BCUT2D eigenvalue weighted by Crippen LogP contribution is -2.26. The summed E-state index contributed by atoms with van der Waals surface area (Å²) in [6, 6.07) is 4.59. The van der Waals surface area contributed by atoms with E-state index in [9.17, 15) is 8.78 Å². The Morgan fingerprint density at radius 3 is 2.68 bits per heavy atom. The van der Waals surface area contributed by atoms with Crippen LogP contribution in [-0.4, -0.2) is 10.9 Å². The van der Waals surface area contributed by atoms with Crippen LogP contribution in [0.4, 0.5) is 8.78 Å². The molecule has 1 aromatic carbocycles. The van der Waals surface area contributed by atoms with E-state index in [-0.39, 0.29) is 28.7 Å². The first-order valence-corrected chi connectivity index (χ1v) is 5.91. The maximum atomic E-state index is 13.0. The Labute approximate surface area is 117 Å². The highest BCUT2D eigenvalue weighted by Gasteiger charge is 2.44. The first-order chi connectivity index (χ1) is 8.46. The zero-order valence-corrected chi connectivity index (χ0v) is 11.3. The van der Waals surface area contributed by atoms with Crippen molar-refractivity contribution in [3.63, 3.8) is 0 Å². The average Bonchev–Trinajstić information content (AvgIpc) is 2.75. The van der Waals surface area contributed by atoms with E-state index < -0.39 is 6.29 Å². The van der Waals surface area contributed by atoms with Gasteiger partial charge in [-0.05, 0) is 19.1 Å². The minimum absolute atomic E-state index is 0.